The normalized spacial score (nSPS) is 10.5. The zero-order valence-electron chi connectivity index (χ0n) is 8.23. The van der Waals surface area contributed by atoms with Crippen LogP contribution in [0, 0.1) is 6.92 Å². The number of furan rings is 1. The van der Waals surface area contributed by atoms with E-state index in [1.54, 1.807) is 6.20 Å². The van der Waals surface area contributed by atoms with Crippen LogP contribution in [-0.2, 0) is 6.42 Å². The van der Waals surface area contributed by atoms with Gasteiger partial charge in [-0.2, -0.15) is 0 Å². The molecule has 0 aliphatic carbocycles. The van der Waals surface area contributed by atoms with E-state index >= 15 is 0 Å². The number of aromatic nitrogens is 2. The predicted molar refractivity (Wildman–Crippen MR) is 58.6 cm³/mol. The lowest BCUT2D eigenvalue weighted by atomic mass is 10.2. The lowest BCUT2D eigenvalue weighted by Crippen LogP contribution is -2.00. The molecular formula is C10H10N3OS. The molecule has 2 rings (SSSR count). The number of hydrogen-bond acceptors (Lipinski definition) is 4. The fraction of sp³-hybridized carbons (Fsp3) is 0.200. The molecule has 77 valence electrons. The van der Waals surface area contributed by atoms with Crippen LogP contribution in [0.4, 0.5) is 5.82 Å². The van der Waals surface area contributed by atoms with Gasteiger partial charge in [-0.1, -0.05) is 0 Å². The van der Waals surface area contributed by atoms with Crippen molar-refractivity contribution in [2.75, 3.05) is 5.73 Å². The van der Waals surface area contributed by atoms with Crippen molar-refractivity contribution in [2.24, 2.45) is 0 Å². The van der Waals surface area contributed by atoms with Crippen LogP contribution in [0.2, 0.25) is 0 Å². The number of nitrogens with two attached hydrogens (primary N) is 1. The molecule has 0 saturated carbocycles. The third-order valence-electron chi connectivity index (χ3n) is 2.04. The largest absolute Gasteiger partial charge is 0.466 e. The van der Waals surface area contributed by atoms with E-state index in [0.29, 0.717) is 12.2 Å². The van der Waals surface area contributed by atoms with Gasteiger partial charge in [-0.3, -0.25) is 0 Å². The smallest absolute Gasteiger partial charge is 0.221 e. The number of nitrogens with zero attached hydrogens (tertiary/aromatic N) is 2. The Bertz CT molecular complexity index is 481. The summed E-state index contributed by atoms with van der Waals surface area (Å²) in [4.78, 5) is 7.84. The quantitative estimate of drug-likeness (QED) is 0.787. The van der Waals surface area contributed by atoms with Gasteiger partial charge in [-0.15, -0.1) is 0 Å². The summed E-state index contributed by atoms with van der Waals surface area (Å²) in [5, 5.41) is 0.270. The topological polar surface area (TPSA) is 64.9 Å². The maximum atomic E-state index is 5.72. The second kappa shape index (κ2) is 3.86. The minimum atomic E-state index is 0.270. The van der Waals surface area contributed by atoms with Gasteiger partial charge in [0, 0.05) is 18.2 Å². The standard InChI is InChI=1S/C10H10N3OS/c1-6-2-3-8(14-6)4-7-5-12-10(15)13-9(7)11/h2-3,5H,4H2,1H3,(H2,11,12,13). The van der Waals surface area contributed by atoms with Crippen LogP contribution in [0.15, 0.2) is 27.9 Å². The molecule has 15 heavy (non-hydrogen) atoms. The summed E-state index contributed by atoms with van der Waals surface area (Å²) in [6.07, 6.45) is 2.23. The molecule has 5 heteroatoms. The molecule has 0 spiro atoms. The molecule has 1 radical (unpaired) electrons. The van der Waals surface area contributed by atoms with E-state index in [0.717, 1.165) is 17.1 Å². The number of nitrogen functional groups attached to an aromatic ring is 1. The van der Waals surface area contributed by atoms with Crippen LogP contribution >= 0.6 is 12.6 Å². The minimum absolute atomic E-state index is 0.270. The van der Waals surface area contributed by atoms with Gasteiger partial charge >= 0.3 is 0 Å². The third kappa shape index (κ3) is 2.24. The minimum Gasteiger partial charge on any atom is -0.466 e. The molecule has 0 aromatic carbocycles. The first-order valence-corrected chi connectivity index (χ1v) is 4.89. The molecule has 2 aromatic rings. The third-order valence-corrected chi connectivity index (χ3v) is 2.23. The zero-order chi connectivity index (χ0) is 10.8. The Morgan fingerprint density at radius 3 is 2.87 bits per heavy atom. The van der Waals surface area contributed by atoms with Crippen molar-refractivity contribution in [3.63, 3.8) is 0 Å². The zero-order valence-corrected chi connectivity index (χ0v) is 9.04. The van der Waals surface area contributed by atoms with E-state index in [9.17, 15) is 0 Å². The predicted octanol–water partition coefficient (Wildman–Crippen LogP) is 2.11. The van der Waals surface area contributed by atoms with Gasteiger partial charge in [-0.25, -0.2) is 9.97 Å². The molecule has 0 bridgehead atoms. The fourth-order valence-corrected chi connectivity index (χ4v) is 1.46. The van der Waals surface area contributed by atoms with E-state index in [1.165, 1.54) is 0 Å². The van der Waals surface area contributed by atoms with E-state index in [-0.39, 0.29) is 5.16 Å². The van der Waals surface area contributed by atoms with E-state index in [4.69, 9.17) is 22.8 Å². The monoisotopic (exact) mass is 220 g/mol. The summed E-state index contributed by atoms with van der Waals surface area (Å²) in [7, 11) is 0. The summed E-state index contributed by atoms with van der Waals surface area (Å²) in [6.45, 7) is 1.90. The average Bonchev–Trinajstić information content (AvgIpc) is 2.56. The fourth-order valence-electron chi connectivity index (χ4n) is 1.31. The molecule has 0 saturated heterocycles. The second-order valence-electron chi connectivity index (χ2n) is 3.25. The summed E-state index contributed by atoms with van der Waals surface area (Å²) in [5.74, 6) is 2.15. The number of anilines is 1. The van der Waals surface area contributed by atoms with Gasteiger partial charge < -0.3 is 10.2 Å². The lowest BCUT2D eigenvalue weighted by Gasteiger charge is -2.01. The first-order chi connectivity index (χ1) is 7.15. The van der Waals surface area contributed by atoms with Gasteiger partial charge in [0.25, 0.3) is 0 Å². The summed E-state index contributed by atoms with van der Waals surface area (Å²) in [6, 6.07) is 3.82. The Balaban J connectivity index is 2.24. The van der Waals surface area contributed by atoms with Crippen molar-refractivity contribution in [1.82, 2.24) is 9.97 Å². The Labute approximate surface area is 92.9 Å². The molecular weight excluding hydrogens is 210 g/mol. The Morgan fingerprint density at radius 2 is 2.27 bits per heavy atom. The van der Waals surface area contributed by atoms with Gasteiger partial charge in [0.2, 0.25) is 5.16 Å². The molecule has 4 nitrogen and oxygen atoms in total. The van der Waals surface area contributed by atoms with Crippen molar-refractivity contribution in [3.05, 3.63) is 35.4 Å². The highest BCUT2D eigenvalue weighted by molar-refractivity contribution is 7.80. The SMILES string of the molecule is Cc1ccc(Cc2cnc([S])nc2N)o1. The average molecular weight is 220 g/mol. The highest BCUT2D eigenvalue weighted by Gasteiger charge is 2.06. The van der Waals surface area contributed by atoms with Crippen LogP contribution in [0.25, 0.3) is 0 Å². The van der Waals surface area contributed by atoms with E-state index in [2.05, 4.69) is 9.97 Å². The number of rotatable bonds is 2. The lowest BCUT2D eigenvalue weighted by molar-refractivity contribution is 0.492. The highest BCUT2D eigenvalue weighted by atomic mass is 32.1. The molecule has 2 heterocycles. The summed E-state index contributed by atoms with van der Waals surface area (Å²) < 4.78 is 5.44. The van der Waals surface area contributed by atoms with Crippen LogP contribution in [0.1, 0.15) is 17.1 Å². The van der Waals surface area contributed by atoms with Crippen molar-refractivity contribution in [2.45, 2.75) is 18.5 Å². The van der Waals surface area contributed by atoms with E-state index < -0.39 is 0 Å². The van der Waals surface area contributed by atoms with Crippen LogP contribution in [-0.4, -0.2) is 9.97 Å². The van der Waals surface area contributed by atoms with Crippen LogP contribution in [0.3, 0.4) is 0 Å². The molecule has 0 atom stereocenters. The molecule has 0 unspecified atom stereocenters. The number of aryl methyl sites for hydroxylation is 1. The molecule has 0 fully saturated rings. The Kier molecular flexibility index (Phi) is 2.55. The molecule has 0 aliphatic rings. The molecule has 2 aromatic heterocycles. The van der Waals surface area contributed by atoms with Gasteiger partial charge in [0.15, 0.2) is 0 Å². The molecule has 2 N–H and O–H groups in total. The van der Waals surface area contributed by atoms with Crippen LogP contribution in [0.5, 0.6) is 0 Å². The number of hydrogen-bond donors (Lipinski definition) is 1. The van der Waals surface area contributed by atoms with E-state index in [1.807, 2.05) is 19.1 Å². The van der Waals surface area contributed by atoms with Gasteiger partial charge in [0.1, 0.15) is 17.3 Å². The molecule has 0 aliphatic heterocycles. The van der Waals surface area contributed by atoms with Crippen molar-refractivity contribution < 1.29 is 4.42 Å². The first-order valence-electron chi connectivity index (χ1n) is 4.49. The Hall–Kier alpha value is -1.62. The first kappa shape index (κ1) is 9.92. The second-order valence-corrected chi connectivity index (χ2v) is 3.62. The highest BCUT2D eigenvalue weighted by Crippen LogP contribution is 2.16. The Morgan fingerprint density at radius 1 is 1.47 bits per heavy atom. The summed E-state index contributed by atoms with van der Waals surface area (Å²) in [5.41, 5.74) is 6.55. The molecule has 0 amide bonds. The van der Waals surface area contributed by atoms with Gasteiger partial charge in [0.05, 0.1) is 0 Å². The summed E-state index contributed by atoms with van der Waals surface area (Å²) >= 11 is 4.80. The van der Waals surface area contributed by atoms with Crippen molar-refractivity contribution in [1.29, 1.82) is 0 Å². The van der Waals surface area contributed by atoms with Crippen molar-refractivity contribution in [3.8, 4) is 0 Å². The maximum Gasteiger partial charge on any atom is 0.221 e. The van der Waals surface area contributed by atoms with Crippen molar-refractivity contribution >= 4 is 18.4 Å². The van der Waals surface area contributed by atoms with Crippen LogP contribution < -0.4 is 5.73 Å². The maximum absolute atomic E-state index is 5.72. The van der Waals surface area contributed by atoms with Gasteiger partial charge in [-0.05, 0) is 31.7 Å².